The summed E-state index contributed by atoms with van der Waals surface area (Å²) in [7, 11) is 0. The third kappa shape index (κ3) is 2.87. The molecule has 0 bridgehead atoms. The standard InChI is InChI=1S/C18H12F4O4/c1-10-6-7-13(19)15(8-10)26-17(18(20,21)22)12(16(23)24)9-11-4-2-3-5-14(11)25-17/h2-9H,1H3,(H,23,24). The minimum absolute atomic E-state index is 0.137. The van der Waals surface area contributed by atoms with Crippen LogP contribution in [0.3, 0.4) is 0 Å². The number of ether oxygens (including phenoxy) is 2. The van der Waals surface area contributed by atoms with E-state index >= 15 is 0 Å². The number of benzene rings is 2. The number of carboxylic acids is 1. The quantitative estimate of drug-likeness (QED) is 0.820. The van der Waals surface area contributed by atoms with Crippen LogP contribution in [0.2, 0.25) is 0 Å². The van der Waals surface area contributed by atoms with Gasteiger partial charge in [0.1, 0.15) is 11.3 Å². The molecule has 0 saturated heterocycles. The Kier molecular flexibility index (Phi) is 4.14. The van der Waals surface area contributed by atoms with Gasteiger partial charge in [0, 0.05) is 5.56 Å². The molecule has 136 valence electrons. The predicted octanol–water partition coefficient (Wildman–Crippen LogP) is 4.33. The van der Waals surface area contributed by atoms with Crippen LogP contribution in [0.5, 0.6) is 11.5 Å². The second-order valence-corrected chi connectivity index (χ2v) is 5.65. The van der Waals surface area contributed by atoms with E-state index in [4.69, 9.17) is 9.47 Å². The molecule has 0 aromatic heterocycles. The molecule has 26 heavy (non-hydrogen) atoms. The molecule has 0 amide bonds. The molecule has 0 radical (unpaired) electrons. The van der Waals surface area contributed by atoms with Gasteiger partial charge in [-0.05, 0) is 36.8 Å². The Balaban J connectivity index is 2.22. The molecule has 1 atom stereocenters. The van der Waals surface area contributed by atoms with E-state index in [-0.39, 0.29) is 11.3 Å². The van der Waals surface area contributed by atoms with Crippen LogP contribution in [0.4, 0.5) is 17.6 Å². The van der Waals surface area contributed by atoms with Gasteiger partial charge >= 0.3 is 17.9 Å². The van der Waals surface area contributed by atoms with Gasteiger partial charge in [-0.2, -0.15) is 13.2 Å². The highest BCUT2D eigenvalue weighted by Crippen LogP contribution is 2.46. The average Bonchev–Trinajstić information content (AvgIpc) is 2.56. The van der Waals surface area contributed by atoms with Crippen LogP contribution in [-0.4, -0.2) is 23.0 Å². The van der Waals surface area contributed by atoms with Crippen molar-refractivity contribution < 1.29 is 36.9 Å². The maximum Gasteiger partial charge on any atom is 0.473 e. The topological polar surface area (TPSA) is 55.8 Å². The summed E-state index contributed by atoms with van der Waals surface area (Å²) in [6, 6.07) is 8.87. The number of carbonyl (C=O) groups is 1. The van der Waals surface area contributed by atoms with E-state index < -0.39 is 35.1 Å². The molecule has 1 aliphatic rings. The zero-order valence-electron chi connectivity index (χ0n) is 13.3. The SMILES string of the molecule is Cc1ccc(F)c(OC2(C(F)(F)F)Oc3ccccc3C=C2C(=O)O)c1. The molecule has 0 spiro atoms. The molecule has 0 aliphatic carbocycles. The minimum atomic E-state index is -5.30. The lowest BCUT2D eigenvalue weighted by Crippen LogP contribution is -2.59. The van der Waals surface area contributed by atoms with Gasteiger partial charge in [-0.1, -0.05) is 24.3 Å². The molecular weight excluding hydrogens is 356 g/mol. The van der Waals surface area contributed by atoms with Crippen LogP contribution < -0.4 is 9.47 Å². The fraction of sp³-hybridized carbons (Fsp3) is 0.167. The molecule has 8 heteroatoms. The van der Waals surface area contributed by atoms with Crippen molar-refractivity contribution in [2.24, 2.45) is 0 Å². The van der Waals surface area contributed by atoms with Crippen molar-refractivity contribution in [3.05, 3.63) is 65.0 Å². The Labute approximate surface area is 145 Å². The molecule has 0 fully saturated rings. The number of hydrogen-bond acceptors (Lipinski definition) is 3. The highest BCUT2D eigenvalue weighted by molar-refractivity contribution is 5.96. The summed E-state index contributed by atoms with van der Waals surface area (Å²) in [5.74, 6) is -7.67. The third-order valence-corrected chi connectivity index (χ3v) is 3.77. The van der Waals surface area contributed by atoms with Crippen molar-refractivity contribution in [3.63, 3.8) is 0 Å². The largest absolute Gasteiger partial charge is 0.478 e. The van der Waals surface area contributed by atoms with Crippen LogP contribution in [-0.2, 0) is 4.79 Å². The fourth-order valence-corrected chi connectivity index (χ4v) is 2.54. The molecule has 1 aliphatic heterocycles. The summed E-state index contributed by atoms with van der Waals surface area (Å²) >= 11 is 0. The number of fused-ring (bicyclic) bond motifs is 1. The number of halogens is 4. The molecule has 1 heterocycles. The maximum atomic E-state index is 14.0. The molecule has 3 rings (SSSR count). The van der Waals surface area contributed by atoms with E-state index in [1.54, 1.807) is 0 Å². The summed E-state index contributed by atoms with van der Waals surface area (Å²) in [6.45, 7) is 1.53. The summed E-state index contributed by atoms with van der Waals surface area (Å²) < 4.78 is 65.7. The Morgan fingerprint density at radius 2 is 1.88 bits per heavy atom. The van der Waals surface area contributed by atoms with Gasteiger partial charge in [0.2, 0.25) is 0 Å². The first kappa shape index (κ1) is 17.8. The number of aryl methyl sites for hydroxylation is 1. The van der Waals surface area contributed by atoms with E-state index in [1.165, 1.54) is 37.3 Å². The van der Waals surface area contributed by atoms with Crippen molar-refractivity contribution in [1.82, 2.24) is 0 Å². The Morgan fingerprint density at radius 1 is 1.19 bits per heavy atom. The highest BCUT2D eigenvalue weighted by atomic mass is 19.4. The number of hydrogen-bond donors (Lipinski definition) is 1. The second kappa shape index (κ2) is 6.05. The summed E-state index contributed by atoms with van der Waals surface area (Å²) in [4.78, 5) is 11.5. The minimum Gasteiger partial charge on any atom is -0.478 e. The molecule has 4 nitrogen and oxygen atoms in total. The number of rotatable bonds is 3. The number of carboxylic acid groups (broad SMARTS) is 1. The molecule has 1 N–H and O–H groups in total. The van der Waals surface area contributed by atoms with Gasteiger partial charge in [-0.25, -0.2) is 9.18 Å². The van der Waals surface area contributed by atoms with Gasteiger partial charge in [-0.3, -0.25) is 0 Å². The molecule has 2 aromatic rings. The van der Waals surface area contributed by atoms with Crippen molar-refractivity contribution in [3.8, 4) is 11.5 Å². The van der Waals surface area contributed by atoms with Crippen LogP contribution >= 0.6 is 0 Å². The average molecular weight is 368 g/mol. The van der Waals surface area contributed by atoms with Gasteiger partial charge in [0.25, 0.3) is 0 Å². The number of aliphatic carboxylic acids is 1. The van der Waals surface area contributed by atoms with E-state index in [9.17, 15) is 27.5 Å². The van der Waals surface area contributed by atoms with Crippen LogP contribution in [0.1, 0.15) is 11.1 Å². The molecule has 0 saturated carbocycles. The second-order valence-electron chi connectivity index (χ2n) is 5.65. The fourth-order valence-electron chi connectivity index (χ4n) is 2.54. The first-order valence-corrected chi connectivity index (χ1v) is 7.39. The Bertz CT molecular complexity index is 904. The van der Waals surface area contributed by atoms with Crippen LogP contribution in [0, 0.1) is 12.7 Å². The van der Waals surface area contributed by atoms with E-state index in [1.807, 2.05) is 0 Å². The lowest BCUT2D eigenvalue weighted by Gasteiger charge is -2.38. The lowest BCUT2D eigenvalue weighted by molar-refractivity contribution is -0.304. The Hall–Kier alpha value is -3.03. The number of alkyl halides is 3. The zero-order chi connectivity index (χ0) is 19.1. The van der Waals surface area contributed by atoms with Crippen molar-refractivity contribution in [2.75, 3.05) is 0 Å². The van der Waals surface area contributed by atoms with E-state index in [2.05, 4.69) is 0 Å². The summed E-state index contributed by atoms with van der Waals surface area (Å²) in [6.07, 6.45) is -4.50. The van der Waals surface area contributed by atoms with E-state index in [0.717, 1.165) is 18.2 Å². The first-order valence-electron chi connectivity index (χ1n) is 7.39. The first-order chi connectivity index (χ1) is 12.1. The summed E-state index contributed by atoms with van der Waals surface area (Å²) in [5.41, 5.74) is -0.640. The maximum absolute atomic E-state index is 14.0. The smallest absolute Gasteiger partial charge is 0.473 e. The monoisotopic (exact) mass is 368 g/mol. The Morgan fingerprint density at radius 3 is 2.54 bits per heavy atom. The molecule has 1 unspecified atom stereocenters. The van der Waals surface area contributed by atoms with Gasteiger partial charge in [-0.15, -0.1) is 0 Å². The number of para-hydroxylation sites is 1. The van der Waals surface area contributed by atoms with E-state index in [0.29, 0.717) is 5.56 Å². The molecule has 2 aromatic carbocycles. The predicted molar refractivity (Wildman–Crippen MR) is 83.2 cm³/mol. The summed E-state index contributed by atoms with van der Waals surface area (Å²) in [5, 5.41) is 9.34. The van der Waals surface area contributed by atoms with Crippen LogP contribution in [0.15, 0.2) is 48.0 Å². The van der Waals surface area contributed by atoms with Gasteiger partial charge < -0.3 is 14.6 Å². The normalized spacial score (nSPS) is 19.2. The highest BCUT2D eigenvalue weighted by Gasteiger charge is 2.66. The van der Waals surface area contributed by atoms with Gasteiger partial charge in [0.05, 0.1) is 0 Å². The van der Waals surface area contributed by atoms with Crippen molar-refractivity contribution in [2.45, 2.75) is 18.9 Å². The molecular formula is C18H12F4O4. The van der Waals surface area contributed by atoms with Crippen LogP contribution in [0.25, 0.3) is 6.08 Å². The lowest BCUT2D eigenvalue weighted by atomic mass is 9.97. The van der Waals surface area contributed by atoms with Crippen molar-refractivity contribution in [1.29, 1.82) is 0 Å². The van der Waals surface area contributed by atoms with Crippen molar-refractivity contribution >= 4 is 12.0 Å². The third-order valence-electron chi connectivity index (χ3n) is 3.77. The van der Waals surface area contributed by atoms with Gasteiger partial charge in [0.15, 0.2) is 11.6 Å². The zero-order valence-corrected chi connectivity index (χ0v) is 13.3.